The molecule has 0 spiro atoms. The Morgan fingerprint density at radius 1 is 1.26 bits per heavy atom. The van der Waals surface area contributed by atoms with E-state index in [-0.39, 0.29) is 18.0 Å². The van der Waals surface area contributed by atoms with Crippen molar-refractivity contribution in [3.8, 4) is 17.0 Å². The fourth-order valence-corrected chi connectivity index (χ4v) is 3.44. The third-order valence-electron chi connectivity index (χ3n) is 4.99. The summed E-state index contributed by atoms with van der Waals surface area (Å²) in [7, 11) is 1.61. The van der Waals surface area contributed by atoms with Gasteiger partial charge in [0.25, 0.3) is 5.56 Å². The highest BCUT2D eigenvalue weighted by atomic mass is 16.5. The molecule has 27 heavy (non-hydrogen) atoms. The molecule has 1 amide bonds. The van der Waals surface area contributed by atoms with Gasteiger partial charge in [-0.15, -0.1) is 0 Å². The first-order chi connectivity index (χ1) is 13.1. The minimum Gasteiger partial charge on any atom is -0.497 e. The second-order valence-corrected chi connectivity index (χ2v) is 6.67. The monoisotopic (exact) mass is 370 g/mol. The topological polar surface area (TPSA) is 76.5 Å². The Morgan fingerprint density at radius 2 is 2.04 bits per heavy atom. The molecule has 0 saturated carbocycles. The number of rotatable bonds is 7. The molecule has 0 radical (unpaired) electrons. The van der Waals surface area contributed by atoms with Crippen LogP contribution in [0.5, 0.6) is 5.75 Å². The lowest BCUT2D eigenvalue weighted by Gasteiger charge is -2.22. The van der Waals surface area contributed by atoms with E-state index in [0.29, 0.717) is 18.3 Å². The van der Waals surface area contributed by atoms with Crippen LogP contribution in [0.25, 0.3) is 11.3 Å². The summed E-state index contributed by atoms with van der Waals surface area (Å²) >= 11 is 0. The summed E-state index contributed by atoms with van der Waals surface area (Å²) in [4.78, 5) is 26.8. The number of carbonyl (C=O) groups excluding carboxylic acids is 1. The van der Waals surface area contributed by atoms with E-state index in [0.717, 1.165) is 30.8 Å². The maximum atomic E-state index is 12.3. The molecule has 144 valence electrons. The molecule has 7 nitrogen and oxygen atoms in total. The lowest BCUT2D eigenvalue weighted by Crippen LogP contribution is -2.42. The van der Waals surface area contributed by atoms with Crippen LogP contribution >= 0.6 is 0 Å². The molecule has 1 atom stereocenters. The van der Waals surface area contributed by atoms with Crippen molar-refractivity contribution < 1.29 is 9.53 Å². The predicted molar refractivity (Wildman–Crippen MR) is 104 cm³/mol. The largest absolute Gasteiger partial charge is 0.497 e. The van der Waals surface area contributed by atoms with Crippen molar-refractivity contribution in [3.63, 3.8) is 0 Å². The van der Waals surface area contributed by atoms with E-state index >= 15 is 0 Å². The molecule has 1 saturated heterocycles. The van der Waals surface area contributed by atoms with Gasteiger partial charge in [-0.25, -0.2) is 4.68 Å². The van der Waals surface area contributed by atoms with Crippen LogP contribution in [0.2, 0.25) is 0 Å². The Balaban J connectivity index is 1.65. The molecule has 2 aromatic rings. The van der Waals surface area contributed by atoms with Crippen molar-refractivity contribution in [1.29, 1.82) is 0 Å². The molecule has 1 fully saturated rings. The highest BCUT2D eigenvalue weighted by molar-refractivity contribution is 5.75. The number of ether oxygens (including phenoxy) is 1. The van der Waals surface area contributed by atoms with Gasteiger partial charge in [0, 0.05) is 24.2 Å². The lowest BCUT2D eigenvalue weighted by atomic mass is 10.1. The SMILES string of the molecule is CCN1CCCC1CNC(=O)Cn1nc(-c2ccc(OC)cc2)ccc1=O. The zero-order chi connectivity index (χ0) is 19.2. The van der Waals surface area contributed by atoms with E-state index in [1.807, 2.05) is 24.3 Å². The number of likely N-dealkylation sites (N-methyl/N-ethyl adjacent to an activating group) is 1. The number of likely N-dealkylation sites (tertiary alicyclic amines) is 1. The molecule has 1 aliphatic heterocycles. The van der Waals surface area contributed by atoms with Gasteiger partial charge >= 0.3 is 0 Å². The minimum absolute atomic E-state index is 0.0817. The zero-order valence-electron chi connectivity index (χ0n) is 15.9. The number of amides is 1. The minimum atomic E-state index is -0.293. The maximum Gasteiger partial charge on any atom is 0.267 e. The molecule has 3 rings (SSSR count). The molecule has 1 N–H and O–H groups in total. The molecule has 1 aromatic carbocycles. The average molecular weight is 370 g/mol. The molecule has 0 aliphatic carbocycles. The second kappa shape index (κ2) is 8.81. The highest BCUT2D eigenvalue weighted by Gasteiger charge is 2.23. The molecular weight excluding hydrogens is 344 g/mol. The summed E-state index contributed by atoms with van der Waals surface area (Å²) in [6.45, 7) is 4.74. The van der Waals surface area contributed by atoms with Crippen LogP contribution < -0.4 is 15.6 Å². The van der Waals surface area contributed by atoms with Crippen LogP contribution in [-0.2, 0) is 11.3 Å². The number of methoxy groups -OCH3 is 1. The summed E-state index contributed by atoms with van der Waals surface area (Å²) in [5.74, 6) is 0.555. The standard InChI is InChI=1S/C20H26N4O3/c1-3-23-12-4-5-16(23)13-21-19(25)14-24-20(26)11-10-18(22-24)15-6-8-17(27-2)9-7-15/h6-11,16H,3-5,12-14H2,1-2H3,(H,21,25). The molecular formula is C20H26N4O3. The zero-order valence-corrected chi connectivity index (χ0v) is 15.9. The van der Waals surface area contributed by atoms with Crippen LogP contribution in [0, 0.1) is 0 Å². The molecule has 1 aromatic heterocycles. The molecule has 7 heteroatoms. The van der Waals surface area contributed by atoms with Gasteiger partial charge in [0.1, 0.15) is 12.3 Å². The van der Waals surface area contributed by atoms with Gasteiger partial charge in [-0.1, -0.05) is 6.92 Å². The van der Waals surface area contributed by atoms with E-state index in [1.54, 1.807) is 13.2 Å². The summed E-state index contributed by atoms with van der Waals surface area (Å²) in [5, 5.41) is 7.28. The van der Waals surface area contributed by atoms with E-state index in [9.17, 15) is 9.59 Å². The van der Waals surface area contributed by atoms with Gasteiger partial charge in [-0.05, 0) is 56.3 Å². The summed E-state index contributed by atoms with van der Waals surface area (Å²) < 4.78 is 6.36. The van der Waals surface area contributed by atoms with Gasteiger partial charge in [-0.3, -0.25) is 14.5 Å². The Hall–Kier alpha value is -2.67. The van der Waals surface area contributed by atoms with Crippen LogP contribution in [0.3, 0.4) is 0 Å². The number of benzene rings is 1. The fraction of sp³-hybridized carbons (Fsp3) is 0.450. The number of hydrogen-bond donors (Lipinski definition) is 1. The summed E-state index contributed by atoms with van der Waals surface area (Å²) in [6, 6.07) is 10.9. The van der Waals surface area contributed by atoms with Crippen molar-refractivity contribution in [2.45, 2.75) is 32.4 Å². The number of nitrogens with zero attached hydrogens (tertiary/aromatic N) is 3. The first-order valence-corrected chi connectivity index (χ1v) is 9.34. The first kappa shape index (κ1) is 19.1. The fourth-order valence-electron chi connectivity index (χ4n) is 3.44. The van der Waals surface area contributed by atoms with Crippen molar-refractivity contribution in [2.75, 3.05) is 26.7 Å². The Kier molecular flexibility index (Phi) is 6.24. The number of aromatic nitrogens is 2. The Labute approximate surface area is 158 Å². The number of hydrogen-bond acceptors (Lipinski definition) is 5. The van der Waals surface area contributed by atoms with E-state index in [4.69, 9.17) is 4.74 Å². The van der Waals surface area contributed by atoms with Gasteiger partial charge in [0.2, 0.25) is 5.91 Å². The van der Waals surface area contributed by atoms with Gasteiger partial charge in [0.15, 0.2) is 0 Å². The van der Waals surface area contributed by atoms with Crippen molar-refractivity contribution in [3.05, 3.63) is 46.8 Å². The lowest BCUT2D eigenvalue weighted by molar-refractivity contribution is -0.122. The Bertz CT molecular complexity index is 832. The van der Waals surface area contributed by atoms with Crippen LogP contribution in [0.15, 0.2) is 41.2 Å². The van der Waals surface area contributed by atoms with E-state index < -0.39 is 0 Å². The van der Waals surface area contributed by atoms with Crippen LogP contribution in [0.4, 0.5) is 0 Å². The van der Waals surface area contributed by atoms with Gasteiger partial charge < -0.3 is 10.1 Å². The van der Waals surface area contributed by atoms with Crippen molar-refractivity contribution >= 4 is 5.91 Å². The normalized spacial score (nSPS) is 17.0. The maximum absolute atomic E-state index is 12.3. The summed E-state index contributed by atoms with van der Waals surface area (Å²) in [5.41, 5.74) is 1.20. The Morgan fingerprint density at radius 3 is 2.74 bits per heavy atom. The molecule has 1 aliphatic rings. The molecule has 2 heterocycles. The van der Waals surface area contributed by atoms with Crippen molar-refractivity contribution in [1.82, 2.24) is 20.0 Å². The van der Waals surface area contributed by atoms with Crippen molar-refractivity contribution in [2.24, 2.45) is 0 Å². The van der Waals surface area contributed by atoms with Gasteiger partial charge in [0.05, 0.1) is 12.8 Å². The predicted octanol–water partition coefficient (Wildman–Crippen LogP) is 1.52. The first-order valence-electron chi connectivity index (χ1n) is 9.34. The number of nitrogens with one attached hydrogen (secondary N) is 1. The quantitative estimate of drug-likeness (QED) is 0.800. The highest BCUT2D eigenvalue weighted by Crippen LogP contribution is 2.19. The molecule has 0 bridgehead atoms. The summed E-state index contributed by atoms with van der Waals surface area (Å²) in [6.07, 6.45) is 2.26. The smallest absolute Gasteiger partial charge is 0.267 e. The van der Waals surface area contributed by atoms with E-state index in [2.05, 4.69) is 22.2 Å². The number of carbonyl (C=O) groups is 1. The van der Waals surface area contributed by atoms with Crippen LogP contribution in [0.1, 0.15) is 19.8 Å². The van der Waals surface area contributed by atoms with E-state index in [1.165, 1.54) is 17.2 Å². The van der Waals surface area contributed by atoms with Crippen LogP contribution in [-0.4, -0.2) is 53.4 Å². The molecule has 1 unspecified atom stereocenters. The second-order valence-electron chi connectivity index (χ2n) is 6.67. The third kappa shape index (κ3) is 4.74. The van der Waals surface area contributed by atoms with Gasteiger partial charge in [-0.2, -0.15) is 5.10 Å². The third-order valence-corrected chi connectivity index (χ3v) is 4.99. The average Bonchev–Trinajstić information content (AvgIpc) is 3.16.